The first-order valence-corrected chi connectivity index (χ1v) is 7.78. The van der Waals surface area contributed by atoms with Gasteiger partial charge in [-0.15, -0.1) is 0 Å². The van der Waals surface area contributed by atoms with Crippen LogP contribution < -0.4 is 5.32 Å². The molecule has 1 amide bonds. The average Bonchev–Trinajstić information content (AvgIpc) is 2.48. The maximum absolute atomic E-state index is 12.1. The topological polar surface area (TPSA) is 48.5 Å². The molecule has 0 aliphatic carbocycles. The van der Waals surface area contributed by atoms with Crippen molar-refractivity contribution in [1.29, 1.82) is 0 Å². The zero-order valence-corrected chi connectivity index (χ0v) is 13.1. The van der Waals surface area contributed by atoms with Gasteiger partial charge in [-0.2, -0.15) is 0 Å². The molecular formula is C16H26N4O. The van der Waals surface area contributed by atoms with Gasteiger partial charge in [-0.05, 0) is 12.1 Å². The zero-order valence-electron chi connectivity index (χ0n) is 13.1. The van der Waals surface area contributed by atoms with Crippen molar-refractivity contribution in [2.75, 3.05) is 32.7 Å². The van der Waals surface area contributed by atoms with Gasteiger partial charge in [0.1, 0.15) is 0 Å². The SMILES string of the molecule is CC(C)NCCC(=O)N1CCN(Cc2ccccn2)CC1. The van der Waals surface area contributed by atoms with Gasteiger partial charge in [0.2, 0.25) is 5.91 Å². The molecule has 1 aliphatic rings. The molecule has 0 spiro atoms. The summed E-state index contributed by atoms with van der Waals surface area (Å²) in [6, 6.07) is 6.44. The predicted molar refractivity (Wildman–Crippen MR) is 83.8 cm³/mol. The van der Waals surface area contributed by atoms with Gasteiger partial charge >= 0.3 is 0 Å². The molecule has 1 aromatic heterocycles. The van der Waals surface area contributed by atoms with Crippen molar-refractivity contribution in [3.05, 3.63) is 30.1 Å². The number of pyridine rings is 1. The lowest BCUT2D eigenvalue weighted by atomic mass is 10.2. The van der Waals surface area contributed by atoms with Crippen molar-refractivity contribution >= 4 is 5.91 Å². The minimum atomic E-state index is 0.264. The third-order valence-electron chi connectivity index (χ3n) is 3.73. The van der Waals surface area contributed by atoms with Crippen LogP contribution in [0.5, 0.6) is 0 Å². The summed E-state index contributed by atoms with van der Waals surface area (Å²) in [5, 5.41) is 3.29. The van der Waals surface area contributed by atoms with Gasteiger partial charge < -0.3 is 10.2 Å². The molecular weight excluding hydrogens is 264 g/mol. The highest BCUT2D eigenvalue weighted by molar-refractivity contribution is 5.76. The van der Waals surface area contributed by atoms with Crippen LogP contribution >= 0.6 is 0 Å². The summed E-state index contributed by atoms with van der Waals surface area (Å²) in [4.78, 5) is 20.8. The van der Waals surface area contributed by atoms with Crippen molar-refractivity contribution in [2.45, 2.75) is 32.9 Å². The maximum atomic E-state index is 12.1. The molecule has 0 saturated carbocycles. The van der Waals surface area contributed by atoms with Gasteiger partial charge in [0.05, 0.1) is 5.69 Å². The Kier molecular flexibility index (Phi) is 6.14. The zero-order chi connectivity index (χ0) is 15.1. The van der Waals surface area contributed by atoms with Gasteiger partial charge in [-0.25, -0.2) is 0 Å². The molecule has 5 nitrogen and oxygen atoms in total. The van der Waals surface area contributed by atoms with E-state index >= 15 is 0 Å². The number of piperazine rings is 1. The van der Waals surface area contributed by atoms with E-state index in [0.717, 1.165) is 45.0 Å². The van der Waals surface area contributed by atoms with Crippen LogP contribution in [-0.2, 0) is 11.3 Å². The number of amides is 1. The van der Waals surface area contributed by atoms with Gasteiger partial charge in [-0.1, -0.05) is 19.9 Å². The monoisotopic (exact) mass is 290 g/mol. The largest absolute Gasteiger partial charge is 0.340 e. The van der Waals surface area contributed by atoms with Crippen LogP contribution in [-0.4, -0.2) is 59.5 Å². The first-order valence-electron chi connectivity index (χ1n) is 7.78. The summed E-state index contributed by atoms with van der Waals surface area (Å²) in [7, 11) is 0. The molecule has 1 aliphatic heterocycles. The van der Waals surface area contributed by atoms with E-state index in [1.54, 1.807) is 0 Å². The molecule has 0 atom stereocenters. The molecule has 1 N–H and O–H groups in total. The van der Waals surface area contributed by atoms with E-state index in [2.05, 4.69) is 35.1 Å². The lowest BCUT2D eigenvalue weighted by molar-refractivity contribution is -0.132. The number of aromatic nitrogens is 1. The quantitative estimate of drug-likeness (QED) is 0.853. The summed E-state index contributed by atoms with van der Waals surface area (Å²) in [5.74, 6) is 0.264. The fraction of sp³-hybridized carbons (Fsp3) is 0.625. The first kappa shape index (κ1) is 15.9. The molecule has 0 radical (unpaired) electrons. The Morgan fingerprint density at radius 2 is 2.05 bits per heavy atom. The normalized spacial score (nSPS) is 16.4. The standard InChI is InChI=1S/C16H26N4O/c1-14(2)17-8-6-16(21)20-11-9-19(10-12-20)13-15-5-3-4-7-18-15/h3-5,7,14,17H,6,8-13H2,1-2H3. The van der Waals surface area contributed by atoms with Crippen LogP contribution in [0.2, 0.25) is 0 Å². The van der Waals surface area contributed by atoms with Crippen molar-refractivity contribution in [2.24, 2.45) is 0 Å². The number of hydrogen-bond acceptors (Lipinski definition) is 4. The van der Waals surface area contributed by atoms with Crippen LogP contribution in [0.4, 0.5) is 0 Å². The molecule has 1 fully saturated rings. The molecule has 1 aromatic rings. The first-order chi connectivity index (χ1) is 10.1. The average molecular weight is 290 g/mol. The fourth-order valence-corrected chi connectivity index (χ4v) is 2.50. The number of carbonyl (C=O) groups excluding carboxylic acids is 1. The second kappa shape index (κ2) is 8.10. The lowest BCUT2D eigenvalue weighted by Gasteiger charge is -2.34. The van der Waals surface area contributed by atoms with Crippen molar-refractivity contribution < 1.29 is 4.79 Å². The van der Waals surface area contributed by atoms with Gasteiger partial charge in [0.15, 0.2) is 0 Å². The summed E-state index contributed by atoms with van der Waals surface area (Å²) < 4.78 is 0. The van der Waals surface area contributed by atoms with E-state index in [-0.39, 0.29) is 5.91 Å². The third kappa shape index (κ3) is 5.44. The van der Waals surface area contributed by atoms with E-state index < -0.39 is 0 Å². The summed E-state index contributed by atoms with van der Waals surface area (Å²) in [6.45, 7) is 9.35. The second-order valence-electron chi connectivity index (χ2n) is 5.84. The van der Waals surface area contributed by atoms with Crippen LogP contribution in [0.3, 0.4) is 0 Å². The van der Waals surface area contributed by atoms with E-state index in [0.29, 0.717) is 12.5 Å². The van der Waals surface area contributed by atoms with Crippen LogP contribution in [0, 0.1) is 0 Å². The van der Waals surface area contributed by atoms with E-state index in [1.807, 2.05) is 23.2 Å². The second-order valence-corrected chi connectivity index (χ2v) is 5.84. The predicted octanol–water partition coefficient (Wildman–Crippen LogP) is 1.11. The van der Waals surface area contributed by atoms with Gasteiger partial charge in [0.25, 0.3) is 0 Å². The Balaban J connectivity index is 1.69. The Morgan fingerprint density at radius 3 is 2.67 bits per heavy atom. The van der Waals surface area contributed by atoms with Crippen molar-refractivity contribution in [1.82, 2.24) is 20.1 Å². The Labute approximate surface area is 127 Å². The maximum Gasteiger partial charge on any atom is 0.223 e. The summed E-state index contributed by atoms with van der Waals surface area (Å²) in [5.41, 5.74) is 1.10. The minimum absolute atomic E-state index is 0.264. The van der Waals surface area contributed by atoms with Crippen molar-refractivity contribution in [3.63, 3.8) is 0 Å². The fourth-order valence-electron chi connectivity index (χ4n) is 2.50. The molecule has 2 heterocycles. The molecule has 5 heteroatoms. The Bertz CT molecular complexity index is 427. The molecule has 1 saturated heterocycles. The number of nitrogens with zero attached hydrogens (tertiary/aromatic N) is 3. The van der Waals surface area contributed by atoms with E-state index in [9.17, 15) is 4.79 Å². The number of hydrogen-bond donors (Lipinski definition) is 1. The van der Waals surface area contributed by atoms with Crippen LogP contribution in [0.1, 0.15) is 26.0 Å². The van der Waals surface area contributed by atoms with Crippen molar-refractivity contribution in [3.8, 4) is 0 Å². The summed E-state index contributed by atoms with van der Waals surface area (Å²) in [6.07, 6.45) is 2.43. The molecule has 21 heavy (non-hydrogen) atoms. The lowest BCUT2D eigenvalue weighted by Crippen LogP contribution is -2.48. The van der Waals surface area contributed by atoms with Gasteiger partial charge in [0, 0.05) is 57.9 Å². The van der Waals surface area contributed by atoms with Crippen LogP contribution in [0.25, 0.3) is 0 Å². The highest BCUT2D eigenvalue weighted by Gasteiger charge is 2.20. The highest BCUT2D eigenvalue weighted by atomic mass is 16.2. The minimum Gasteiger partial charge on any atom is -0.340 e. The number of rotatable bonds is 6. The highest BCUT2D eigenvalue weighted by Crippen LogP contribution is 2.07. The molecule has 116 valence electrons. The third-order valence-corrected chi connectivity index (χ3v) is 3.73. The summed E-state index contributed by atoms with van der Waals surface area (Å²) >= 11 is 0. The molecule has 0 aromatic carbocycles. The smallest absolute Gasteiger partial charge is 0.223 e. The molecule has 0 bridgehead atoms. The van der Waals surface area contributed by atoms with E-state index in [4.69, 9.17) is 0 Å². The Morgan fingerprint density at radius 1 is 1.29 bits per heavy atom. The Hall–Kier alpha value is -1.46. The molecule has 2 rings (SSSR count). The number of carbonyl (C=O) groups is 1. The van der Waals surface area contributed by atoms with Gasteiger partial charge in [-0.3, -0.25) is 14.7 Å². The van der Waals surface area contributed by atoms with Crippen LogP contribution in [0.15, 0.2) is 24.4 Å². The molecule has 0 unspecified atom stereocenters. The number of nitrogens with one attached hydrogen (secondary N) is 1. The van der Waals surface area contributed by atoms with E-state index in [1.165, 1.54) is 0 Å².